The third kappa shape index (κ3) is 5.56. The summed E-state index contributed by atoms with van der Waals surface area (Å²) in [5, 5.41) is 0. The normalized spacial score (nSPS) is 17.7. The Morgan fingerprint density at radius 3 is 2.41 bits per heavy atom. The Bertz CT molecular complexity index is 953. The number of nitrogens with zero attached hydrogens (tertiary/aromatic N) is 3. The lowest BCUT2D eigenvalue weighted by atomic mass is 10.2. The predicted octanol–water partition coefficient (Wildman–Crippen LogP) is 3.57. The Labute approximate surface area is 190 Å². The third-order valence-corrected chi connectivity index (χ3v) is 6.16. The van der Waals surface area contributed by atoms with E-state index < -0.39 is 0 Å². The van der Waals surface area contributed by atoms with E-state index in [2.05, 4.69) is 17.0 Å². The van der Waals surface area contributed by atoms with Crippen LogP contribution in [-0.2, 0) is 16.1 Å². The smallest absolute Gasteiger partial charge is 0.246 e. The number of hydrogen-bond donors (Lipinski definition) is 0. The number of carbonyl (C=O) groups is 2. The molecule has 2 heterocycles. The Balaban J connectivity index is 1.28. The van der Waals surface area contributed by atoms with E-state index in [9.17, 15) is 9.59 Å². The fourth-order valence-corrected chi connectivity index (χ4v) is 4.30. The number of ether oxygens (including phenoxy) is 1. The van der Waals surface area contributed by atoms with Crippen LogP contribution in [0.5, 0.6) is 5.75 Å². The summed E-state index contributed by atoms with van der Waals surface area (Å²) in [4.78, 5) is 30.8. The molecule has 2 aliphatic heterocycles. The lowest BCUT2D eigenvalue weighted by Gasteiger charge is -2.21. The van der Waals surface area contributed by atoms with Crippen molar-refractivity contribution in [3.05, 3.63) is 65.7 Å². The van der Waals surface area contributed by atoms with Gasteiger partial charge in [-0.2, -0.15) is 0 Å². The molecule has 0 spiro atoms. The van der Waals surface area contributed by atoms with Crippen LogP contribution in [0.3, 0.4) is 0 Å². The van der Waals surface area contributed by atoms with Crippen molar-refractivity contribution >= 4 is 23.6 Å². The SMILES string of the molecule is COc1ccc(CN2CCCN(C(=O)/C=C/c3ccc(N4CCCC4=O)cc3)CC2)cc1. The van der Waals surface area contributed by atoms with Crippen LogP contribution < -0.4 is 9.64 Å². The van der Waals surface area contributed by atoms with Gasteiger partial charge in [-0.1, -0.05) is 24.3 Å². The van der Waals surface area contributed by atoms with Gasteiger partial charge in [0.25, 0.3) is 0 Å². The van der Waals surface area contributed by atoms with E-state index in [1.807, 2.05) is 52.3 Å². The van der Waals surface area contributed by atoms with Crippen LogP contribution >= 0.6 is 0 Å². The summed E-state index contributed by atoms with van der Waals surface area (Å²) in [5.74, 6) is 1.10. The number of benzene rings is 2. The van der Waals surface area contributed by atoms with Gasteiger partial charge in [0.1, 0.15) is 5.75 Å². The second-order valence-corrected chi connectivity index (χ2v) is 8.38. The summed E-state index contributed by atoms with van der Waals surface area (Å²) in [6.07, 6.45) is 6.03. The van der Waals surface area contributed by atoms with Crippen molar-refractivity contribution in [2.24, 2.45) is 0 Å². The fraction of sp³-hybridized carbons (Fsp3) is 0.385. The lowest BCUT2D eigenvalue weighted by molar-refractivity contribution is -0.125. The summed E-state index contributed by atoms with van der Waals surface area (Å²) >= 11 is 0. The summed E-state index contributed by atoms with van der Waals surface area (Å²) in [6.45, 7) is 5.03. The molecule has 2 aromatic carbocycles. The van der Waals surface area contributed by atoms with Crippen LogP contribution in [0.4, 0.5) is 5.69 Å². The molecule has 32 heavy (non-hydrogen) atoms. The van der Waals surface area contributed by atoms with Crippen molar-refractivity contribution < 1.29 is 14.3 Å². The second kappa shape index (κ2) is 10.5. The minimum Gasteiger partial charge on any atom is -0.497 e. The van der Waals surface area contributed by atoms with Crippen LogP contribution in [0.15, 0.2) is 54.6 Å². The zero-order valence-corrected chi connectivity index (χ0v) is 18.7. The molecule has 2 aromatic rings. The first-order valence-corrected chi connectivity index (χ1v) is 11.3. The first-order valence-electron chi connectivity index (χ1n) is 11.3. The number of carbonyl (C=O) groups excluding carboxylic acids is 2. The fourth-order valence-electron chi connectivity index (χ4n) is 4.30. The molecular formula is C26H31N3O3. The molecule has 0 aliphatic carbocycles. The Hall–Kier alpha value is -3.12. The number of hydrogen-bond acceptors (Lipinski definition) is 4. The van der Waals surface area contributed by atoms with Gasteiger partial charge in [-0.25, -0.2) is 0 Å². The van der Waals surface area contributed by atoms with E-state index >= 15 is 0 Å². The largest absolute Gasteiger partial charge is 0.497 e. The molecule has 0 atom stereocenters. The molecule has 0 radical (unpaired) electrons. The Morgan fingerprint density at radius 2 is 1.72 bits per heavy atom. The highest BCUT2D eigenvalue weighted by Crippen LogP contribution is 2.22. The summed E-state index contributed by atoms with van der Waals surface area (Å²) in [7, 11) is 1.68. The molecule has 4 rings (SSSR count). The molecule has 2 fully saturated rings. The third-order valence-electron chi connectivity index (χ3n) is 6.16. The Morgan fingerprint density at radius 1 is 0.938 bits per heavy atom. The first-order chi connectivity index (χ1) is 15.6. The average Bonchev–Trinajstić information content (AvgIpc) is 3.11. The van der Waals surface area contributed by atoms with Crippen LogP contribution in [0, 0.1) is 0 Å². The van der Waals surface area contributed by atoms with E-state index in [1.165, 1.54) is 5.56 Å². The van der Waals surface area contributed by atoms with Crippen molar-refractivity contribution in [1.82, 2.24) is 9.80 Å². The molecule has 2 aliphatic rings. The van der Waals surface area contributed by atoms with Crippen molar-refractivity contribution in [1.29, 1.82) is 0 Å². The number of rotatable bonds is 6. The molecule has 2 saturated heterocycles. The van der Waals surface area contributed by atoms with Gasteiger partial charge in [0.2, 0.25) is 11.8 Å². The van der Waals surface area contributed by atoms with Crippen LogP contribution in [0.25, 0.3) is 6.08 Å². The van der Waals surface area contributed by atoms with Crippen molar-refractivity contribution in [2.75, 3.05) is 44.7 Å². The Kier molecular flexibility index (Phi) is 7.22. The topological polar surface area (TPSA) is 53.1 Å². The maximum absolute atomic E-state index is 12.7. The minimum absolute atomic E-state index is 0.0510. The van der Waals surface area contributed by atoms with Gasteiger partial charge < -0.3 is 14.5 Å². The average molecular weight is 434 g/mol. The quantitative estimate of drug-likeness (QED) is 0.654. The number of anilines is 1. The van der Waals surface area contributed by atoms with Gasteiger partial charge in [-0.05, 0) is 54.3 Å². The monoisotopic (exact) mass is 433 g/mol. The van der Waals surface area contributed by atoms with E-state index in [4.69, 9.17) is 4.74 Å². The molecule has 6 heteroatoms. The maximum atomic E-state index is 12.7. The van der Waals surface area contributed by atoms with Gasteiger partial charge in [0.05, 0.1) is 7.11 Å². The molecule has 168 valence electrons. The number of methoxy groups -OCH3 is 1. The van der Waals surface area contributed by atoms with Crippen molar-refractivity contribution in [3.8, 4) is 5.75 Å². The van der Waals surface area contributed by atoms with Gasteiger partial charge in [-0.15, -0.1) is 0 Å². The van der Waals surface area contributed by atoms with Crippen LogP contribution in [0.1, 0.15) is 30.4 Å². The molecule has 0 saturated carbocycles. The summed E-state index contributed by atoms with van der Waals surface area (Å²) in [6, 6.07) is 16.0. The second-order valence-electron chi connectivity index (χ2n) is 8.38. The van der Waals surface area contributed by atoms with Crippen molar-refractivity contribution in [3.63, 3.8) is 0 Å². The number of amides is 2. The van der Waals surface area contributed by atoms with E-state index in [0.717, 1.165) is 69.1 Å². The molecule has 6 nitrogen and oxygen atoms in total. The molecule has 0 bridgehead atoms. The summed E-state index contributed by atoms with van der Waals surface area (Å²) < 4.78 is 5.23. The highest BCUT2D eigenvalue weighted by Gasteiger charge is 2.21. The van der Waals surface area contributed by atoms with Gasteiger partial charge in [-0.3, -0.25) is 14.5 Å². The van der Waals surface area contributed by atoms with Crippen LogP contribution in [-0.4, -0.2) is 61.4 Å². The zero-order valence-electron chi connectivity index (χ0n) is 18.7. The molecule has 0 N–H and O–H groups in total. The zero-order chi connectivity index (χ0) is 22.3. The molecule has 2 amide bonds. The lowest BCUT2D eigenvalue weighted by Crippen LogP contribution is -2.34. The van der Waals surface area contributed by atoms with Gasteiger partial charge in [0.15, 0.2) is 0 Å². The highest BCUT2D eigenvalue weighted by atomic mass is 16.5. The minimum atomic E-state index is 0.0510. The van der Waals surface area contributed by atoms with E-state index in [1.54, 1.807) is 13.2 Å². The standard InChI is InChI=1S/C26H31N3O3/c1-32-24-12-7-22(8-13-24)20-27-15-3-16-28(19-18-27)25(30)14-9-21-5-10-23(11-6-21)29-17-2-4-26(29)31/h5-14H,2-4,15-20H2,1H3/b14-9+. The van der Waals surface area contributed by atoms with E-state index in [-0.39, 0.29) is 11.8 Å². The summed E-state index contributed by atoms with van der Waals surface area (Å²) in [5.41, 5.74) is 3.15. The molecular weight excluding hydrogens is 402 g/mol. The van der Waals surface area contributed by atoms with Crippen molar-refractivity contribution in [2.45, 2.75) is 25.8 Å². The first kappa shape index (κ1) is 22.1. The van der Waals surface area contributed by atoms with Gasteiger partial charge in [0, 0.05) is 57.5 Å². The molecule has 0 aromatic heterocycles. The maximum Gasteiger partial charge on any atom is 0.246 e. The predicted molar refractivity (Wildman–Crippen MR) is 127 cm³/mol. The molecule has 0 unspecified atom stereocenters. The van der Waals surface area contributed by atoms with E-state index in [0.29, 0.717) is 6.42 Å². The van der Waals surface area contributed by atoms with Crippen LogP contribution in [0.2, 0.25) is 0 Å². The van der Waals surface area contributed by atoms with Gasteiger partial charge >= 0.3 is 0 Å². The highest BCUT2D eigenvalue weighted by molar-refractivity contribution is 5.95.